The largest absolute Gasteiger partial charge is 0.489 e. The summed E-state index contributed by atoms with van der Waals surface area (Å²) in [5.41, 5.74) is 6.59. The summed E-state index contributed by atoms with van der Waals surface area (Å²) in [6.45, 7) is 2.89. The molecule has 3 aromatic carbocycles. The lowest BCUT2D eigenvalue weighted by Crippen LogP contribution is -2.05. The summed E-state index contributed by atoms with van der Waals surface area (Å²) < 4.78 is 5.91. The van der Waals surface area contributed by atoms with Gasteiger partial charge in [0.05, 0.1) is 0 Å². The molecule has 0 bridgehead atoms. The smallest absolute Gasteiger partial charge is 0.119 e. The molecule has 0 saturated carbocycles. The Morgan fingerprint density at radius 2 is 1.45 bits per heavy atom. The molecule has 0 amide bonds. The first-order valence-electron chi connectivity index (χ1n) is 11.9. The van der Waals surface area contributed by atoms with Gasteiger partial charge in [0.2, 0.25) is 0 Å². The van der Waals surface area contributed by atoms with Gasteiger partial charge in [0.25, 0.3) is 0 Å². The number of unbranched alkanes of at least 4 members (excludes halogenated alkanes) is 2. The summed E-state index contributed by atoms with van der Waals surface area (Å²) in [4.78, 5) is 0. The number of benzene rings is 3. The van der Waals surface area contributed by atoms with Gasteiger partial charge in [-0.15, -0.1) is 0 Å². The molecule has 31 heavy (non-hydrogen) atoms. The first-order chi connectivity index (χ1) is 15.3. The molecule has 1 nitrogen and oxygen atoms in total. The third-order valence-corrected chi connectivity index (χ3v) is 6.43. The highest BCUT2D eigenvalue weighted by atomic mass is 16.5. The first-order valence-corrected chi connectivity index (χ1v) is 11.9. The zero-order valence-corrected chi connectivity index (χ0v) is 18.7. The maximum atomic E-state index is 5.91. The van der Waals surface area contributed by atoms with E-state index in [-0.39, 0.29) is 0 Å². The molecule has 1 atom stereocenters. The third-order valence-electron chi connectivity index (χ3n) is 6.43. The Labute approximate surface area is 187 Å². The molecule has 3 aromatic rings. The van der Waals surface area contributed by atoms with Crippen molar-refractivity contribution in [2.45, 2.75) is 58.5 Å². The van der Waals surface area contributed by atoms with Crippen LogP contribution in [0.25, 0.3) is 16.7 Å². The molecular weight excluding hydrogens is 376 g/mol. The van der Waals surface area contributed by atoms with Crippen molar-refractivity contribution >= 4 is 5.57 Å². The number of ether oxygens (including phenoxy) is 1. The molecule has 0 saturated heterocycles. The van der Waals surface area contributed by atoms with Crippen molar-refractivity contribution in [1.29, 1.82) is 0 Å². The maximum absolute atomic E-state index is 5.91. The molecule has 0 heterocycles. The normalized spacial score (nSPS) is 16.0. The van der Waals surface area contributed by atoms with Crippen molar-refractivity contribution in [3.63, 3.8) is 0 Å². The lowest BCUT2D eigenvalue weighted by molar-refractivity contribution is 0.306. The van der Waals surface area contributed by atoms with E-state index in [1.807, 2.05) is 18.2 Å². The molecule has 4 rings (SSSR count). The van der Waals surface area contributed by atoms with Crippen molar-refractivity contribution in [2.75, 3.05) is 0 Å². The Balaban J connectivity index is 1.33. The Morgan fingerprint density at radius 3 is 2.10 bits per heavy atom. The van der Waals surface area contributed by atoms with E-state index in [1.165, 1.54) is 72.8 Å². The number of rotatable bonds is 9. The molecule has 1 aliphatic rings. The average molecular weight is 411 g/mol. The molecule has 1 unspecified atom stereocenters. The molecule has 160 valence electrons. The second kappa shape index (κ2) is 11.0. The second-order valence-corrected chi connectivity index (χ2v) is 8.74. The van der Waals surface area contributed by atoms with Crippen molar-refractivity contribution in [1.82, 2.24) is 0 Å². The highest BCUT2D eigenvalue weighted by Gasteiger charge is 2.15. The zero-order chi connectivity index (χ0) is 21.3. The van der Waals surface area contributed by atoms with E-state index in [0.29, 0.717) is 6.61 Å². The van der Waals surface area contributed by atoms with Gasteiger partial charge in [-0.25, -0.2) is 0 Å². The quantitative estimate of drug-likeness (QED) is 0.321. The standard InChI is InChI=1S/C30H34O/c1-2-3-5-8-24-11-13-26(14-12-24)27-15-17-28(18-16-27)29-19-21-30(22-20-29)31-23-25-9-6-4-7-10-25/h4,6-7,9-10,13,15-22,24H,2-3,5,8,11-12,14,23H2,1H3. The van der Waals surface area contributed by atoms with Gasteiger partial charge in [0.1, 0.15) is 12.4 Å². The SMILES string of the molecule is CCCCCC1CC=C(c2ccc(-c3ccc(OCc4ccccc4)cc3)cc2)CC1. The minimum atomic E-state index is 0.601. The topological polar surface area (TPSA) is 9.23 Å². The average Bonchev–Trinajstić information content (AvgIpc) is 2.84. The van der Waals surface area contributed by atoms with E-state index >= 15 is 0 Å². The van der Waals surface area contributed by atoms with E-state index in [1.54, 1.807) is 0 Å². The number of hydrogen-bond acceptors (Lipinski definition) is 1. The molecular formula is C30H34O. The van der Waals surface area contributed by atoms with Crippen LogP contribution in [-0.2, 0) is 6.61 Å². The fraction of sp³-hybridized carbons (Fsp3) is 0.333. The Bertz CT molecular complexity index is 952. The van der Waals surface area contributed by atoms with Crippen LogP contribution >= 0.6 is 0 Å². The monoisotopic (exact) mass is 410 g/mol. The van der Waals surface area contributed by atoms with Gasteiger partial charge in [-0.2, -0.15) is 0 Å². The van der Waals surface area contributed by atoms with Crippen molar-refractivity contribution in [3.8, 4) is 16.9 Å². The van der Waals surface area contributed by atoms with E-state index in [0.717, 1.165) is 11.7 Å². The molecule has 0 aromatic heterocycles. The van der Waals surface area contributed by atoms with Gasteiger partial charge in [0, 0.05) is 0 Å². The molecule has 0 fully saturated rings. The summed E-state index contributed by atoms with van der Waals surface area (Å²) in [6, 6.07) is 27.8. The Hall–Kier alpha value is -2.80. The Morgan fingerprint density at radius 1 is 0.774 bits per heavy atom. The number of allylic oxidation sites excluding steroid dienone is 2. The molecule has 0 aliphatic heterocycles. The third kappa shape index (κ3) is 6.10. The van der Waals surface area contributed by atoms with Crippen LogP contribution in [-0.4, -0.2) is 0 Å². The van der Waals surface area contributed by atoms with E-state index in [2.05, 4.69) is 73.7 Å². The van der Waals surface area contributed by atoms with Crippen molar-refractivity contribution < 1.29 is 4.74 Å². The van der Waals surface area contributed by atoms with Crippen LogP contribution in [0.1, 0.15) is 63.0 Å². The maximum Gasteiger partial charge on any atom is 0.119 e. The fourth-order valence-corrected chi connectivity index (χ4v) is 4.46. The van der Waals surface area contributed by atoms with Gasteiger partial charge in [0.15, 0.2) is 0 Å². The van der Waals surface area contributed by atoms with Crippen LogP contribution in [0, 0.1) is 5.92 Å². The van der Waals surface area contributed by atoms with Crippen LogP contribution in [0.15, 0.2) is 84.9 Å². The van der Waals surface area contributed by atoms with Gasteiger partial charge < -0.3 is 4.74 Å². The van der Waals surface area contributed by atoms with Crippen LogP contribution in [0.3, 0.4) is 0 Å². The van der Waals surface area contributed by atoms with E-state index in [4.69, 9.17) is 4.74 Å². The molecule has 0 spiro atoms. The zero-order valence-electron chi connectivity index (χ0n) is 18.7. The highest BCUT2D eigenvalue weighted by Crippen LogP contribution is 2.33. The summed E-state index contributed by atoms with van der Waals surface area (Å²) in [6.07, 6.45) is 11.8. The lowest BCUT2D eigenvalue weighted by Gasteiger charge is -2.22. The van der Waals surface area contributed by atoms with Gasteiger partial charge in [-0.1, -0.05) is 105 Å². The fourth-order valence-electron chi connectivity index (χ4n) is 4.46. The van der Waals surface area contributed by atoms with Crippen LogP contribution in [0.2, 0.25) is 0 Å². The van der Waals surface area contributed by atoms with Gasteiger partial charge >= 0.3 is 0 Å². The summed E-state index contributed by atoms with van der Waals surface area (Å²) in [5, 5.41) is 0. The summed E-state index contributed by atoms with van der Waals surface area (Å²) in [7, 11) is 0. The highest BCUT2D eigenvalue weighted by molar-refractivity contribution is 5.71. The van der Waals surface area contributed by atoms with E-state index in [9.17, 15) is 0 Å². The predicted molar refractivity (Wildman–Crippen MR) is 132 cm³/mol. The Kier molecular flexibility index (Phi) is 7.60. The van der Waals surface area contributed by atoms with Gasteiger partial charge in [-0.05, 0) is 65.1 Å². The second-order valence-electron chi connectivity index (χ2n) is 8.74. The minimum Gasteiger partial charge on any atom is -0.489 e. The van der Waals surface area contributed by atoms with E-state index < -0.39 is 0 Å². The first kappa shape index (κ1) is 21.4. The lowest BCUT2D eigenvalue weighted by atomic mass is 9.83. The van der Waals surface area contributed by atoms with Gasteiger partial charge in [-0.3, -0.25) is 0 Å². The van der Waals surface area contributed by atoms with Crippen LogP contribution in [0.4, 0.5) is 0 Å². The summed E-state index contributed by atoms with van der Waals surface area (Å²) >= 11 is 0. The minimum absolute atomic E-state index is 0.601. The van der Waals surface area contributed by atoms with Crippen LogP contribution < -0.4 is 4.74 Å². The predicted octanol–water partition coefficient (Wildman–Crippen LogP) is 8.70. The molecule has 0 N–H and O–H groups in total. The van der Waals surface area contributed by atoms with Crippen molar-refractivity contribution in [2.24, 2.45) is 5.92 Å². The van der Waals surface area contributed by atoms with Crippen molar-refractivity contribution in [3.05, 3.63) is 96.1 Å². The summed E-state index contributed by atoms with van der Waals surface area (Å²) in [5.74, 6) is 1.81. The molecule has 1 heteroatoms. The molecule has 1 aliphatic carbocycles. The molecule has 0 radical (unpaired) electrons. The number of hydrogen-bond donors (Lipinski definition) is 0. The van der Waals surface area contributed by atoms with Crippen LogP contribution in [0.5, 0.6) is 5.75 Å².